The van der Waals surface area contributed by atoms with Crippen molar-refractivity contribution >= 4 is 22.6 Å². The molecule has 0 aliphatic heterocycles. The van der Waals surface area contributed by atoms with Crippen LogP contribution in [0.15, 0.2) is 42.9 Å². The molecule has 148 valence electrons. The van der Waals surface area contributed by atoms with E-state index in [1.165, 1.54) is 6.33 Å². The van der Waals surface area contributed by atoms with Gasteiger partial charge in [0.15, 0.2) is 5.65 Å². The first-order chi connectivity index (χ1) is 13.9. The molecule has 0 unspecified atom stereocenters. The molecule has 0 aliphatic carbocycles. The third-order valence-corrected chi connectivity index (χ3v) is 4.65. The van der Waals surface area contributed by atoms with Crippen LogP contribution in [0, 0.1) is 0 Å². The largest absolute Gasteiger partial charge is 0.322 e. The van der Waals surface area contributed by atoms with E-state index in [0.29, 0.717) is 11.3 Å². The van der Waals surface area contributed by atoms with Crippen LogP contribution in [0.1, 0.15) is 55.7 Å². The molecule has 3 aromatic heterocycles. The molecule has 9 heteroatoms. The van der Waals surface area contributed by atoms with Crippen molar-refractivity contribution in [2.45, 2.75) is 39.7 Å². The highest BCUT2D eigenvalue weighted by Gasteiger charge is 2.19. The van der Waals surface area contributed by atoms with Crippen molar-refractivity contribution in [2.24, 2.45) is 0 Å². The molecule has 0 bridgehead atoms. The van der Waals surface area contributed by atoms with Crippen LogP contribution in [0.25, 0.3) is 16.7 Å². The zero-order chi connectivity index (χ0) is 20.5. The second kappa shape index (κ2) is 7.42. The molecule has 0 saturated heterocycles. The molecule has 4 aromatic rings. The summed E-state index contributed by atoms with van der Waals surface area (Å²) in [5, 5.41) is 19.2. The van der Waals surface area contributed by atoms with Crippen molar-refractivity contribution in [1.29, 1.82) is 0 Å². The normalized spacial score (nSPS) is 11.5. The van der Waals surface area contributed by atoms with E-state index >= 15 is 0 Å². The minimum Gasteiger partial charge on any atom is -0.322 e. The number of rotatable bonds is 5. The second-order valence-electron chi connectivity index (χ2n) is 7.42. The van der Waals surface area contributed by atoms with Gasteiger partial charge in [-0.05, 0) is 60.5 Å². The summed E-state index contributed by atoms with van der Waals surface area (Å²) in [7, 11) is 0. The maximum atomic E-state index is 13.1. The summed E-state index contributed by atoms with van der Waals surface area (Å²) in [4.78, 5) is 17.8. The lowest BCUT2D eigenvalue weighted by atomic mass is 10.0. The van der Waals surface area contributed by atoms with Crippen LogP contribution >= 0.6 is 0 Å². The van der Waals surface area contributed by atoms with Crippen molar-refractivity contribution in [3.05, 3.63) is 54.1 Å². The summed E-state index contributed by atoms with van der Waals surface area (Å²) < 4.78 is 3.40. The molecule has 1 amide bonds. The van der Waals surface area contributed by atoms with E-state index in [1.54, 1.807) is 10.9 Å². The number of anilines is 1. The van der Waals surface area contributed by atoms with Gasteiger partial charge >= 0.3 is 0 Å². The Balaban J connectivity index is 1.67. The Hall–Kier alpha value is -3.62. The predicted octanol–water partition coefficient (Wildman–Crippen LogP) is 3.36. The smallest absolute Gasteiger partial charge is 0.256 e. The third kappa shape index (κ3) is 3.58. The number of nitrogens with zero attached hydrogens (tertiary/aromatic N) is 7. The van der Waals surface area contributed by atoms with E-state index in [4.69, 9.17) is 4.98 Å². The number of aromatic nitrogens is 7. The van der Waals surface area contributed by atoms with Crippen molar-refractivity contribution in [2.75, 3.05) is 5.32 Å². The number of pyridine rings is 1. The van der Waals surface area contributed by atoms with Crippen molar-refractivity contribution in [3.63, 3.8) is 0 Å². The molecule has 0 radical (unpaired) electrons. The molecule has 0 aliphatic rings. The monoisotopic (exact) mass is 390 g/mol. The van der Waals surface area contributed by atoms with Gasteiger partial charge in [0, 0.05) is 17.4 Å². The number of hydrogen-bond donors (Lipinski definition) is 1. The molecule has 1 N–H and O–H groups in total. The number of fused-ring (bicyclic) bond motifs is 1. The summed E-state index contributed by atoms with van der Waals surface area (Å²) in [5.74, 6) is -0.00480. The number of hydrogen-bond acceptors (Lipinski definition) is 6. The van der Waals surface area contributed by atoms with Gasteiger partial charge in [-0.2, -0.15) is 5.10 Å². The Morgan fingerprint density at radius 3 is 2.48 bits per heavy atom. The van der Waals surface area contributed by atoms with E-state index < -0.39 is 0 Å². The summed E-state index contributed by atoms with van der Waals surface area (Å²) in [6.07, 6.45) is 3.23. The maximum absolute atomic E-state index is 13.1. The minimum atomic E-state index is -0.197. The van der Waals surface area contributed by atoms with Crippen LogP contribution in [-0.2, 0) is 0 Å². The average Bonchev–Trinajstić information content (AvgIpc) is 3.37. The van der Waals surface area contributed by atoms with E-state index in [0.717, 1.165) is 22.4 Å². The van der Waals surface area contributed by atoms with Gasteiger partial charge in [0.25, 0.3) is 5.91 Å². The molecule has 3 heterocycles. The third-order valence-electron chi connectivity index (χ3n) is 4.65. The molecule has 4 rings (SSSR count). The zero-order valence-electron chi connectivity index (χ0n) is 16.7. The van der Waals surface area contributed by atoms with Gasteiger partial charge in [-0.25, -0.2) is 14.3 Å². The van der Waals surface area contributed by atoms with Crippen molar-refractivity contribution in [3.8, 4) is 5.69 Å². The Morgan fingerprint density at radius 2 is 1.86 bits per heavy atom. The molecule has 29 heavy (non-hydrogen) atoms. The second-order valence-corrected chi connectivity index (χ2v) is 7.42. The van der Waals surface area contributed by atoms with E-state index in [9.17, 15) is 4.79 Å². The summed E-state index contributed by atoms with van der Waals surface area (Å²) in [6.45, 7) is 8.21. The lowest BCUT2D eigenvalue weighted by Gasteiger charge is -2.12. The van der Waals surface area contributed by atoms with Gasteiger partial charge < -0.3 is 5.32 Å². The van der Waals surface area contributed by atoms with Crippen LogP contribution in [0.2, 0.25) is 0 Å². The van der Waals surface area contributed by atoms with Gasteiger partial charge in [-0.3, -0.25) is 4.79 Å². The fourth-order valence-electron chi connectivity index (χ4n) is 3.07. The molecule has 0 spiro atoms. The van der Waals surface area contributed by atoms with Crippen molar-refractivity contribution in [1.82, 2.24) is 35.0 Å². The number of tetrazole rings is 1. The lowest BCUT2D eigenvalue weighted by Crippen LogP contribution is -2.14. The van der Waals surface area contributed by atoms with Gasteiger partial charge in [0.1, 0.15) is 6.33 Å². The van der Waals surface area contributed by atoms with Crippen LogP contribution in [-0.4, -0.2) is 40.9 Å². The number of carbonyl (C=O) groups excluding carboxylic acids is 1. The fourth-order valence-corrected chi connectivity index (χ4v) is 3.07. The Kier molecular flexibility index (Phi) is 4.79. The van der Waals surface area contributed by atoms with Crippen LogP contribution < -0.4 is 5.32 Å². The van der Waals surface area contributed by atoms with Crippen molar-refractivity contribution < 1.29 is 4.79 Å². The Morgan fingerprint density at radius 1 is 1.10 bits per heavy atom. The first-order valence-corrected chi connectivity index (χ1v) is 9.47. The highest BCUT2D eigenvalue weighted by atomic mass is 16.1. The molecule has 0 atom stereocenters. The van der Waals surface area contributed by atoms with Gasteiger partial charge in [0.05, 0.1) is 22.8 Å². The molecule has 0 fully saturated rings. The Bertz CT molecular complexity index is 1140. The fraction of sp³-hybridized carbons (Fsp3) is 0.300. The highest BCUT2D eigenvalue weighted by molar-refractivity contribution is 6.12. The maximum Gasteiger partial charge on any atom is 0.256 e. The van der Waals surface area contributed by atoms with Gasteiger partial charge in [0.2, 0.25) is 0 Å². The summed E-state index contributed by atoms with van der Waals surface area (Å²) in [5.41, 5.74) is 3.64. The van der Waals surface area contributed by atoms with Crippen LogP contribution in [0.4, 0.5) is 5.69 Å². The van der Waals surface area contributed by atoms with E-state index in [1.807, 2.05) is 48.9 Å². The first kappa shape index (κ1) is 18.7. The highest BCUT2D eigenvalue weighted by Crippen LogP contribution is 2.25. The first-order valence-electron chi connectivity index (χ1n) is 9.47. The number of amides is 1. The molecule has 1 aromatic carbocycles. The van der Waals surface area contributed by atoms with E-state index in [-0.39, 0.29) is 17.9 Å². The van der Waals surface area contributed by atoms with Crippen LogP contribution in [0.3, 0.4) is 0 Å². The molecular formula is C20H22N8O. The summed E-state index contributed by atoms with van der Waals surface area (Å²) in [6, 6.07) is 9.30. The molecule has 0 saturated carbocycles. The predicted molar refractivity (Wildman–Crippen MR) is 109 cm³/mol. The zero-order valence-corrected chi connectivity index (χ0v) is 16.7. The Labute approximate surface area is 167 Å². The van der Waals surface area contributed by atoms with E-state index in [2.05, 4.69) is 39.8 Å². The standard InChI is InChI=1S/C20H22N8O/c1-12(2)18-9-16(17-10-22-28(13(3)4)19(17)24-18)20(29)23-14-5-7-15(8-6-14)27-11-21-25-26-27/h5-13H,1-4H3,(H,23,29). The number of benzene rings is 1. The average molecular weight is 390 g/mol. The molecular weight excluding hydrogens is 368 g/mol. The number of carbonyl (C=O) groups is 1. The summed E-state index contributed by atoms with van der Waals surface area (Å²) >= 11 is 0. The SMILES string of the molecule is CC(C)c1cc(C(=O)Nc2ccc(-n3cnnn3)cc2)c2cnn(C(C)C)c2n1. The number of nitrogens with one attached hydrogen (secondary N) is 1. The van der Waals surface area contributed by atoms with Crippen LogP contribution in [0.5, 0.6) is 0 Å². The topological polar surface area (TPSA) is 103 Å². The van der Waals surface area contributed by atoms with Gasteiger partial charge in [-0.15, -0.1) is 5.10 Å². The quantitative estimate of drug-likeness (QED) is 0.560. The minimum absolute atomic E-state index is 0.150. The lowest BCUT2D eigenvalue weighted by molar-refractivity contribution is 0.102. The van der Waals surface area contributed by atoms with Gasteiger partial charge in [-0.1, -0.05) is 13.8 Å². The molecule has 9 nitrogen and oxygen atoms in total.